The summed E-state index contributed by atoms with van der Waals surface area (Å²) >= 11 is 0. The molecule has 1 aromatic carbocycles. The van der Waals surface area contributed by atoms with Crippen molar-refractivity contribution in [1.82, 2.24) is 5.32 Å². The summed E-state index contributed by atoms with van der Waals surface area (Å²) in [5.41, 5.74) is 6.86. The third-order valence-corrected chi connectivity index (χ3v) is 6.36. The van der Waals surface area contributed by atoms with E-state index in [1.54, 1.807) is 19.2 Å². The molecule has 1 saturated carbocycles. The first-order valence-electron chi connectivity index (χ1n) is 9.89. The van der Waals surface area contributed by atoms with Crippen LogP contribution in [0.5, 0.6) is 5.75 Å². The van der Waals surface area contributed by atoms with Gasteiger partial charge >= 0.3 is 0 Å². The normalized spacial score (nSPS) is 27.6. The second-order valence-electron chi connectivity index (χ2n) is 7.89. The number of nitrogens with one attached hydrogen (secondary N) is 1. The first kappa shape index (κ1) is 19.7. The Labute approximate surface area is 160 Å². The summed E-state index contributed by atoms with van der Waals surface area (Å²) in [5, 5.41) is 12.9. The molecule has 0 spiro atoms. The number of fused-ring (bicyclic) bond motifs is 1. The van der Waals surface area contributed by atoms with Crippen molar-refractivity contribution >= 4 is 11.8 Å². The van der Waals surface area contributed by atoms with Gasteiger partial charge in [-0.25, -0.2) is 0 Å². The first-order valence-corrected chi connectivity index (χ1v) is 9.89. The zero-order valence-electron chi connectivity index (χ0n) is 16.0. The van der Waals surface area contributed by atoms with Crippen LogP contribution in [0.15, 0.2) is 18.2 Å². The SMILES string of the molecule is COC1CCC(C(=O)NCCC2(C(N)=O)CCCc3ccc(O)cc32)CC1. The number of benzene rings is 1. The van der Waals surface area contributed by atoms with E-state index in [0.717, 1.165) is 49.7 Å². The van der Waals surface area contributed by atoms with Gasteiger partial charge in [0.05, 0.1) is 11.5 Å². The molecule has 3 rings (SSSR count). The molecular formula is C21H30N2O4. The maximum absolute atomic E-state index is 12.5. The summed E-state index contributed by atoms with van der Waals surface area (Å²) in [4.78, 5) is 24.9. The first-order chi connectivity index (χ1) is 13.0. The molecule has 1 fully saturated rings. The number of amides is 2. The largest absolute Gasteiger partial charge is 0.508 e. The molecule has 4 N–H and O–H groups in total. The van der Waals surface area contributed by atoms with Crippen molar-refractivity contribution in [2.75, 3.05) is 13.7 Å². The van der Waals surface area contributed by atoms with Gasteiger partial charge in [0.2, 0.25) is 11.8 Å². The summed E-state index contributed by atoms with van der Waals surface area (Å²) in [5.74, 6) is -0.177. The Morgan fingerprint density at radius 2 is 2.04 bits per heavy atom. The Morgan fingerprint density at radius 3 is 2.70 bits per heavy atom. The molecule has 0 heterocycles. The van der Waals surface area contributed by atoms with Gasteiger partial charge in [-0.05, 0) is 74.6 Å². The Morgan fingerprint density at radius 1 is 1.30 bits per heavy atom. The van der Waals surface area contributed by atoms with Gasteiger partial charge in [0.25, 0.3) is 0 Å². The monoisotopic (exact) mass is 374 g/mol. The predicted molar refractivity (Wildman–Crippen MR) is 102 cm³/mol. The predicted octanol–water partition coefficient (Wildman–Crippen LogP) is 2.16. The maximum atomic E-state index is 12.5. The highest BCUT2D eigenvalue weighted by Gasteiger charge is 2.42. The summed E-state index contributed by atoms with van der Waals surface area (Å²) in [7, 11) is 1.72. The highest BCUT2D eigenvalue weighted by atomic mass is 16.5. The fraction of sp³-hybridized carbons (Fsp3) is 0.619. The van der Waals surface area contributed by atoms with Crippen LogP contribution < -0.4 is 11.1 Å². The smallest absolute Gasteiger partial charge is 0.228 e. The second-order valence-corrected chi connectivity index (χ2v) is 7.89. The van der Waals surface area contributed by atoms with Crippen LogP contribution in [-0.4, -0.2) is 36.7 Å². The topological polar surface area (TPSA) is 102 Å². The Hall–Kier alpha value is -2.08. The number of phenolic OH excluding ortho intramolecular Hbond substituents is 1. The van der Waals surface area contributed by atoms with Gasteiger partial charge in [0.15, 0.2) is 0 Å². The van der Waals surface area contributed by atoms with Crippen molar-refractivity contribution in [3.05, 3.63) is 29.3 Å². The van der Waals surface area contributed by atoms with Crippen LogP contribution in [0.25, 0.3) is 0 Å². The van der Waals surface area contributed by atoms with Gasteiger partial charge in [-0.2, -0.15) is 0 Å². The molecule has 1 atom stereocenters. The van der Waals surface area contributed by atoms with Crippen LogP contribution in [0.3, 0.4) is 0 Å². The van der Waals surface area contributed by atoms with E-state index >= 15 is 0 Å². The van der Waals surface area contributed by atoms with Crippen LogP contribution in [0.4, 0.5) is 0 Å². The number of carbonyl (C=O) groups excluding carboxylic acids is 2. The van der Waals surface area contributed by atoms with Crippen LogP contribution in [0, 0.1) is 5.92 Å². The lowest BCUT2D eigenvalue weighted by atomic mass is 9.67. The van der Waals surface area contributed by atoms with Gasteiger partial charge in [-0.1, -0.05) is 6.07 Å². The quantitative estimate of drug-likeness (QED) is 0.710. The van der Waals surface area contributed by atoms with Crippen LogP contribution in [0.1, 0.15) is 56.1 Å². The number of nitrogens with two attached hydrogens (primary N) is 1. The number of rotatable bonds is 6. The van der Waals surface area contributed by atoms with Crippen LogP contribution >= 0.6 is 0 Å². The fourth-order valence-corrected chi connectivity index (χ4v) is 4.69. The van der Waals surface area contributed by atoms with E-state index in [4.69, 9.17) is 10.5 Å². The molecule has 0 bridgehead atoms. The molecule has 2 aliphatic rings. The summed E-state index contributed by atoms with van der Waals surface area (Å²) in [6.45, 7) is 0.404. The highest BCUT2D eigenvalue weighted by molar-refractivity contribution is 5.88. The van der Waals surface area contributed by atoms with Gasteiger partial charge in [0.1, 0.15) is 5.75 Å². The molecule has 6 nitrogen and oxygen atoms in total. The number of methoxy groups -OCH3 is 1. The van der Waals surface area contributed by atoms with Gasteiger partial charge in [-0.3, -0.25) is 9.59 Å². The van der Waals surface area contributed by atoms with Crippen molar-refractivity contribution in [2.24, 2.45) is 11.7 Å². The van der Waals surface area contributed by atoms with E-state index in [2.05, 4.69) is 5.32 Å². The number of hydrogen-bond donors (Lipinski definition) is 3. The van der Waals surface area contributed by atoms with Crippen molar-refractivity contribution in [3.8, 4) is 5.75 Å². The molecule has 0 radical (unpaired) electrons. The van der Waals surface area contributed by atoms with Crippen LogP contribution in [0.2, 0.25) is 0 Å². The molecule has 0 aromatic heterocycles. The summed E-state index contributed by atoms with van der Waals surface area (Å²) in [6, 6.07) is 5.18. The van der Waals surface area contributed by atoms with E-state index in [1.165, 1.54) is 0 Å². The van der Waals surface area contributed by atoms with Crippen molar-refractivity contribution in [2.45, 2.75) is 62.9 Å². The number of aromatic hydroxyl groups is 1. The lowest BCUT2D eigenvalue weighted by Gasteiger charge is -2.37. The van der Waals surface area contributed by atoms with E-state index < -0.39 is 5.41 Å². The number of phenols is 1. The molecule has 2 aliphatic carbocycles. The minimum atomic E-state index is -0.826. The van der Waals surface area contributed by atoms with Gasteiger partial charge in [0, 0.05) is 19.6 Å². The zero-order valence-corrected chi connectivity index (χ0v) is 16.0. The third kappa shape index (κ3) is 4.10. The number of hydrogen-bond acceptors (Lipinski definition) is 4. The lowest BCUT2D eigenvalue weighted by molar-refractivity contribution is -0.128. The average molecular weight is 374 g/mol. The van der Waals surface area contributed by atoms with Gasteiger partial charge in [-0.15, -0.1) is 0 Å². The molecule has 2 amide bonds. The summed E-state index contributed by atoms with van der Waals surface area (Å²) in [6.07, 6.45) is 6.60. The van der Waals surface area contributed by atoms with E-state index in [-0.39, 0.29) is 29.6 Å². The number of ether oxygens (including phenoxy) is 1. The Balaban J connectivity index is 1.64. The minimum Gasteiger partial charge on any atom is -0.508 e. The number of aryl methyl sites for hydroxylation is 1. The molecular weight excluding hydrogens is 344 g/mol. The van der Waals surface area contributed by atoms with E-state index in [9.17, 15) is 14.7 Å². The fourth-order valence-electron chi connectivity index (χ4n) is 4.69. The summed E-state index contributed by atoms with van der Waals surface area (Å²) < 4.78 is 5.36. The molecule has 1 unspecified atom stereocenters. The lowest BCUT2D eigenvalue weighted by Crippen LogP contribution is -2.46. The standard InChI is InChI=1S/C21H30N2O4/c1-27-17-8-5-15(6-9-17)19(25)23-12-11-21(20(22)26)10-2-3-14-4-7-16(24)13-18(14)21/h4,7,13,15,17,24H,2-3,5-6,8-12H2,1H3,(H2,22,26)(H,23,25). The van der Waals surface area contributed by atoms with E-state index in [0.29, 0.717) is 19.4 Å². The van der Waals surface area contributed by atoms with Crippen molar-refractivity contribution < 1.29 is 19.4 Å². The third-order valence-electron chi connectivity index (χ3n) is 6.36. The average Bonchev–Trinajstić information content (AvgIpc) is 2.68. The minimum absolute atomic E-state index is 0.0172. The second kappa shape index (κ2) is 8.30. The maximum Gasteiger partial charge on any atom is 0.228 e. The molecule has 1 aromatic rings. The Bertz CT molecular complexity index is 697. The van der Waals surface area contributed by atoms with Crippen molar-refractivity contribution in [3.63, 3.8) is 0 Å². The number of primary amides is 1. The molecule has 0 aliphatic heterocycles. The van der Waals surface area contributed by atoms with E-state index in [1.807, 2.05) is 6.07 Å². The Kier molecular flexibility index (Phi) is 6.05. The molecule has 27 heavy (non-hydrogen) atoms. The van der Waals surface area contributed by atoms with Crippen LogP contribution in [-0.2, 0) is 26.2 Å². The highest BCUT2D eigenvalue weighted by Crippen LogP contribution is 2.41. The molecule has 6 heteroatoms. The van der Waals surface area contributed by atoms with Crippen molar-refractivity contribution in [1.29, 1.82) is 0 Å². The number of carbonyl (C=O) groups is 2. The van der Waals surface area contributed by atoms with Gasteiger partial charge < -0.3 is 20.9 Å². The zero-order chi connectivity index (χ0) is 19.4. The molecule has 0 saturated heterocycles. The molecule has 148 valence electrons.